The number of unbranched alkanes of at least 4 members (excludes halogenated alkanes) is 4. The molecule has 4 amide bonds. The van der Waals surface area contributed by atoms with E-state index in [1.54, 1.807) is 0 Å². The molecule has 1 heterocycles. The molecule has 1 saturated heterocycles. The van der Waals surface area contributed by atoms with E-state index < -0.39 is 23.9 Å². The molecule has 0 aromatic heterocycles. The van der Waals surface area contributed by atoms with Crippen LogP contribution in [0.25, 0.3) is 0 Å². The topological polar surface area (TPSA) is 316 Å². The van der Waals surface area contributed by atoms with Crippen molar-refractivity contribution < 1.29 is 53.5 Å². The van der Waals surface area contributed by atoms with E-state index in [0.717, 1.165) is 19.3 Å². The van der Waals surface area contributed by atoms with Crippen LogP contribution in [0.4, 0.5) is 0 Å². The van der Waals surface area contributed by atoms with Crippen LogP contribution in [-0.2, 0) is 28.7 Å². The van der Waals surface area contributed by atoms with Crippen molar-refractivity contribution >= 4 is 35.5 Å². The third kappa shape index (κ3) is 15.2. The number of hydrogen-bond acceptors (Lipinski definition) is 10. The molecule has 2 bridgehead atoms. The van der Waals surface area contributed by atoms with E-state index in [4.69, 9.17) is 43.9 Å². The quantitative estimate of drug-likeness (QED) is 0.0248. The number of nitrogens with two attached hydrogens (primary N) is 6. The summed E-state index contributed by atoms with van der Waals surface area (Å²) in [6, 6.07) is -1.47. The van der Waals surface area contributed by atoms with Crippen LogP contribution in [0.3, 0.4) is 0 Å². The predicted octanol–water partition coefficient (Wildman–Crippen LogP) is -8.43. The Morgan fingerprint density at radius 3 is 1.47 bits per heavy atom. The Hall–Kier alpha value is -3.16. The Bertz CT molecular complexity index is 1130. The van der Waals surface area contributed by atoms with Gasteiger partial charge in [0.25, 0.3) is 0 Å². The number of ether oxygens (including phenoxy) is 2. The highest BCUT2D eigenvalue weighted by Gasteiger charge is 2.66. The molecule has 3 fully saturated rings. The highest BCUT2D eigenvalue weighted by Crippen LogP contribution is 2.57. The van der Waals surface area contributed by atoms with Crippen LogP contribution in [0, 0.1) is 23.7 Å². The van der Waals surface area contributed by atoms with Gasteiger partial charge in [-0.3, -0.25) is 29.2 Å². The number of rotatable bonds is 24. The Labute approximate surface area is 325 Å². The summed E-state index contributed by atoms with van der Waals surface area (Å²) >= 11 is 0. The Morgan fingerprint density at radius 1 is 0.642 bits per heavy atom. The molecular weight excluding hydrogens is 731 g/mol. The van der Waals surface area contributed by atoms with Crippen molar-refractivity contribution in [3.05, 3.63) is 0 Å². The number of hydrogen-bond donors (Lipinski definition) is 10. The van der Waals surface area contributed by atoms with Gasteiger partial charge in [-0.2, -0.15) is 0 Å². The summed E-state index contributed by atoms with van der Waals surface area (Å²) in [5.74, 6) is -2.91. The van der Waals surface area contributed by atoms with Crippen LogP contribution in [0.5, 0.6) is 0 Å². The van der Waals surface area contributed by atoms with E-state index in [0.29, 0.717) is 45.2 Å². The summed E-state index contributed by atoms with van der Waals surface area (Å²) in [6.45, 7) is 3.60. The zero-order chi connectivity index (χ0) is 37.3. The van der Waals surface area contributed by atoms with E-state index >= 15 is 0 Å². The average Bonchev–Trinajstić information content (AvgIpc) is 3.79. The van der Waals surface area contributed by atoms with Crippen molar-refractivity contribution in [2.75, 3.05) is 39.3 Å². The molecule has 53 heavy (non-hydrogen) atoms. The average molecular weight is 794 g/mol. The van der Waals surface area contributed by atoms with E-state index in [2.05, 4.69) is 38.2 Å². The zero-order valence-corrected chi connectivity index (χ0v) is 32.3. The molecule has 2 aliphatic carbocycles. The molecule has 3 rings (SSSR count). The second kappa shape index (κ2) is 25.0. The molecule has 3 aliphatic rings. The number of carbonyl (C=O) groups excluding carboxylic acids is 4. The molecule has 2 saturated carbocycles. The number of guanidine groups is 2. The number of aliphatic imine (C=N–C) groups is 2. The molecule has 306 valence electrons. The minimum Gasteiger partial charge on any atom is -1.00 e. The van der Waals surface area contributed by atoms with Crippen molar-refractivity contribution in [3.63, 3.8) is 0 Å². The summed E-state index contributed by atoms with van der Waals surface area (Å²) in [5.41, 5.74) is 33.2. The lowest BCUT2D eigenvalue weighted by Crippen LogP contribution is -3.00. The van der Waals surface area contributed by atoms with Gasteiger partial charge in [-0.25, -0.2) is 0 Å². The Kier molecular flexibility index (Phi) is 22.6. The first-order valence-corrected chi connectivity index (χ1v) is 18.5. The largest absolute Gasteiger partial charge is 1.00 e. The fraction of sp³-hybridized carbons (Fsp3) is 0.818. The maximum absolute atomic E-state index is 13.7. The van der Waals surface area contributed by atoms with Crippen LogP contribution >= 0.6 is 0 Å². The molecular formula is C33H62Cl2N12O6-2. The first kappa shape index (κ1) is 47.9. The van der Waals surface area contributed by atoms with Crippen LogP contribution < -0.4 is 80.5 Å². The number of nitrogens with one attached hydrogen (secondary N) is 4. The van der Waals surface area contributed by atoms with E-state index in [1.165, 1.54) is 19.3 Å². The van der Waals surface area contributed by atoms with Gasteiger partial charge in [0.1, 0.15) is 0 Å². The van der Waals surface area contributed by atoms with Crippen molar-refractivity contribution in [2.24, 2.45) is 68.1 Å². The molecule has 1 aliphatic heterocycles. The van der Waals surface area contributed by atoms with Gasteiger partial charge >= 0.3 is 0 Å². The van der Waals surface area contributed by atoms with Crippen LogP contribution in [0.2, 0.25) is 0 Å². The van der Waals surface area contributed by atoms with Gasteiger partial charge in [0, 0.05) is 51.1 Å². The standard InChI is InChI=1S/C33H62N12O6.2ClH/c1-2-3-4-5-6-11-23-50-26-19-18-20(27(26)51-23)25(31(49)43-17-15-41-29(47)22(35)10-8-13-45-33(38)39)24(19)30(48)42-16-14-40-28(46)21(34)9-7-12-44-32(36)37;;/h19-27H,2-18,34-35H2,1H3,(H,40,46)(H,41,47)(H,42,48)(H,43,49)(H4,36,37,44)(H4,38,39,45);2*1H/p-2. The zero-order valence-electron chi connectivity index (χ0n) is 30.8. The molecule has 8 atom stereocenters. The Morgan fingerprint density at radius 2 is 1.06 bits per heavy atom. The van der Waals surface area contributed by atoms with Gasteiger partial charge in [0.05, 0.1) is 36.1 Å². The fourth-order valence-corrected chi connectivity index (χ4v) is 7.35. The van der Waals surface area contributed by atoms with Gasteiger partial charge in [0.2, 0.25) is 23.6 Å². The maximum atomic E-state index is 13.7. The van der Waals surface area contributed by atoms with Crippen LogP contribution in [-0.4, -0.2) is 105 Å². The predicted molar refractivity (Wildman–Crippen MR) is 193 cm³/mol. The van der Waals surface area contributed by atoms with Crippen molar-refractivity contribution in [1.29, 1.82) is 0 Å². The van der Waals surface area contributed by atoms with Gasteiger partial charge in [-0.05, 0) is 44.9 Å². The third-order valence-electron chi connectivity index (χ3n) is 9.84. The first-order valence-electron chi connectivity index (χ1n) is 18.5. The smallest absolute Gasteiger partial charge is 0.236 e. The molecule has 8 unspecified atom stereocenters. The lowest BCUT2D eigenvalue weighted by atomic mass is 9.75. The summed E-state index contributed by atoms with van der Waals surface area (Å²) in [7, 11) is 0. The summed E-state index contributed by atoms with van der Waals surface area (Å²) in [5, 5.41) is 11.3. The SMILES string of the molecule is CCCCCCCC1OC2C3CC(C2O1)C(C(=O)NCCNC(=O)C(N)CCCN=C(N)N)C3C(=O)NCCNC(=O)C(N)CCCN=C(N)N.[Cl-].[Cl-]. The van der Waals surface area contributed by atoms with E-state index in [-0.39, 0.29) is 117 Å². The molecule has 0 aromatic rings. The second-order valence-electron chi connectivity index (χ2n) is 13.7. The summed E-state index contributed by atoms with van der Waals surface area (Å²) in [6.07, 6.45) is 8.05. The normalized spacial score (nSPS) is 24.7. The number of carbonyl (C=O) groups is 4. The monoisotopic (exact) mass is 792 g/mol. The van der Waals surface area contributed by atoms with E-state index in [9.17, 15) is 19.2 Å². The molecule has 20 heteroatoms. The summed E-state index contributed by atoms with van der Waals surface area (Å²) in [4.78, 5) is 60.0. The highest BCUT2D eigenvalue weighted by atomic mass is 35.5. The van der Waals surface area contributed by atoms with Crippen LogP contribution in [0.15, 0.2) is 9.98 Å². The maximum Gasteiger partial charge on any atom is 0.236 e. The van der Waals surface area contributed by atoms with Crippen molar-refractivity contribution in [3.8, 4) is 0 Å². The van der Waals surface area contributed by atoms with Crippen molar-refractivity contribution in [1.82, 2.24) is 21.3 Å². The molecule has 0 radical (unpaired) electrons. The molecule has 16 N–H and O–H groups in total. The number of amides is 4. The van der Waals surface area contributed by atoms with Gasteiger partial charge < -0.3 is 90.0 Å². The molecule has 0 aromatic carbocycles. The minimum absolute atomic E-state index is 0. The molecule has 0 spiro atoms. The highest BCUT2D eigenvalue weighted by molar-refractivity contribution is 5.89. The lowest BCUT2D eigenvalue weighted by molar-refractivity contribution is -0.140. The van der Waals surface area contributed by atoms with E-state index in [1.807, 2.05) is 0 Å². The second-order valence-corrected chi connectivity index (χ2v) is 13.7. The summed E-state index contributed by atoms with van der Waals surface area (Å²) < 4.78 is 12.7. The Balaban J connectivity index is 0.00000702. The number of nitrogens with zero attached hydrogens (tertiary/aromatic N) is 2. The molecule has 18 nitrogen and oxygen atoms in total. The van der Waals surface area contributed by atoms with Gasteiger partial charge in [-0.15, -0.1) is 0 Å². The lowest BCUT2D eigenvalue weighted by Gasteiger charge is -2.34. The first-order chi connectivity index (χ1) is 24.4. The van der Waals surface area contributed by atoms with Crippen molar-refractivity contribution in [2.45, 2.75) is 108 Å². The third-order valence-corrected chi connectivity index (χ3v) is 9.84. The van der Waals surface area contributed by atoms with Crippen LogP contribution in [0.1, 0.15) is 77.6 Å². The number of fused-ring (bicyclic) bond motifs is 5. The van der Waals surface area contributed by atoms with Gasteiger partial charge in [-0.1, -0.05) is 32.6 Å². The fourth-order valence-electron chi connectivity index (χ4n) is 7.35. The minimum atomic E-state index is -0.735. The van der Waals surface area contributed by atoms with Gasteiger partial charge in [0.15, 0.2) is 18.2 Å². The number of halogens is 2.